The molecular formula is C18H22F2N4O. The van der Waals surface area contributed by atoms with E-state index in [9.17, 15) is 8.78 Å². The standard InChI is InChI=1S/C18H22F2N4O/c1-3-15-16(4-2)22-23-18(21-15)24-9-7-13(8-10-24)25-17-6-5-12(19)11-14(17)20/h5-6,11,13H,3-4,7-10H2,1-2H3. The van der Waals surface area contributed by atoms with E-state index in [0.29, 0.717) is 19.0 Å². The van der Waals surface area contributed by atoms with E-state index >= 15 is 0 Å². The van der Waals surface area contributed by atoms with Gasteiger partial charge in [-0.05, 0) is 25.0 Å². The van der Waals surface area contributed by atoms with Gasteiger partial charge in [-0.15, -0.1) is 5.10 Å². The van der Waals surface area contributed by atoms with Crippen molar-refractivity contribution < 1.29 is 13.5 Å². The van der Waals surface area contributed by atoms with Gasteiger partial charge in [0.1, 0.15) is 11.9 Å². The summed E-state index contributed by atoms with van der Waals surface area (Å²) in [6.07, 6.45) is 2.98. The second-order valence-corrected chi connectivity index (χ2v) is 6.09. The van der Waals surface area contributed by atoms with Crippen molar-refractivity contribution in [1.29, 1.82) is 0 Å². The number of aromatic nitrogens is 3. The number of piperidine rings is 1. The van der Waals surface area contributed by atoms with Gasteiger partial charge in [-0.1, -0.05) is 13.8 Å². The largest absolute Gasteiger partial charge is 0.487 e. The molecule has 5 nitrogen and oxygen atoms in total. The van der Waals surface area contributed by atoms with Crippen LogP contribution in [0.4, 0.5) is 14.7 Å². The van der Waals surface area contributed by atoms with Crippen LogP contribution in [0.3, 0.4) is 0 Å². The highest BCUT2D eigenvalue weighted by molar-refractivity contribution is 5.31. The molecule has 0 radical (unpaired) electrons. The van der Waals surface area contributed by atoms with Crippen LogP contribution in [0, 0.1) is 11.6 Å². The number of benzene rings is 1. The van der Waals surface area contributed by atoms with Crippen LogP contribution in [0.2, 0.25) is 0 Å². The number of ether oxygens (including phenoxy) is 1. The van der Waals surface area contributed by atoms with Crippen molar-refractivity contribution in [2.75, 3.05) is 18.0 Å². The van der Waals surface area contributed by atoms with E-state index in [1.807, 2.05) is 6.92 Å². The molecule has 1 aromatic carbocycles. The van der Waals surface area contributed by atoms with Crippen LogP contribution in [-0.4, -0.2) is 34.4 Å². The summed E-state index contributed by atoms with van der Waals surface area (Å²) < 4.78 is 32.3. The van der Waals surface area contributed by atoms with Gasteiger partial charge >= 0.3 is 0 Å². The topological polar surface area (TPSA) is 51.1 Å². The Morgan fingerprint density at radius 1 is 1.08 bits per heavy atom. The number of rotatable bonds is 5. The molecule has 134 valence electrons. The lowest BCUT2D eigenvalue weighted by atomic mass is 10.1. The van der Waals surface area contributed by atoms with Crippen LogP contribution in [-0.2, 0) is 12.8 Å². The van der Waals surface area contributed by atoms with Gasteiger partial charge in [-0.25, -0.2) is 13.8 Å². The van der Waals surface area contributed by atoms with Crippen LogP contribution in [0.1, 0.15) is 38.1 Å². The van der Waals surface area contributed by atoms with Crippen LogP contribution in [0.25, 0.3) is 0 Å². The Kier molecular flexibility index (Phi) is 5.40. The zero-order valence-electron chi connectivity index (χ0n) is 14.5. The van der Waals surface area contributed by atoms with Crippen LogP contribution in [0.15, 0.2) is 18.2 Å². The average Bonchev–Trinajstić information content (AvgIpc) is 2.64. The lowest BCUT2D eigenvalue weighted by molar-refractivity contribution is 0.163. The fourth-order valence-electron chi connectivity index (χ4n) is 2.99. The summed E-state index contributed by atoms with van der Waals surface area (Å²) in [5.41, 5.74) is 1.93. The molecule has 1 aliphatic heterocycles. The smallest absolute Gasteiger partial charge is 0.245 e. The summed E-state index contributed by atoms with van der Waals surface area (Å²) in [4.78, 5) is 6.70. The maximum atomic E-state index is 13.7. The summed E-state index contributed by atoms with van der Waals surface area (Å²) in [6.45, 7) is 5.53. The van der Waals surface area contributed by atoms with Gasteiger partial charge < -0.3 is 9.64 Å². The Hall–Kier alpha value is -2.31. The quantitative estimate of drug-likeness (QED) is 0.830. The maximum Gasteiger partial charge on any atom is 0.245 e. The van der Waals surface area contributed by atoms with E-state index in [1.54, 1.807) is 0 Å². The van der Waals surface area contributed by atoms with Crippen molar-refractivity contribution in [3.8, 4) is 5.75 Å². The van der Waals surface area contributed by atoms with Gasteiger partial charge in [0.25, 0.3) is 0 Å². The molecule has 25 heavy (non-hydrogen) atoms. The van der Waals surface area contributed by atoms with E-state index < -0.39 is 11.6 Å². The zero-order chi connectivity index (χ0) is 17.8. The van der Waals surface area contributed by atoms with Gasteiger partial charge in [0.2, 0.25) is 5.95 Å². The van der Waals surface area contributed by atoms with Crippen molar-refractivity contribution in [2.24, 2.45) is 0 Å². The zero-order valence-corrected chi connectivity index (χ0v) is 14.5. The predicted octanol–water partition coefficient (Wildman–Crippen LogP) is 3.32. The molecule has 0 amide bonds. The molecule has 0 aliphatic carbocycles. The first-order valence-corrected chi connectivity index (χ1v) is 8.69. The number of halogens is 2. The average molecular weight is 348 g/mol. The minimum atomic E-state index is -0.669. The SMILES string of the molecule is CCc1nnc(N2CCC(Oc3ccc(F)cc3F)CC2)nc1CC. The highest BCUT2D eigenvalue weighted by atomic mass is 19.1. The number of aryl methyl sites for hydroxylation is 2. The fraction of sp³-hybridized carbons (Fsp3) is 0.500. The van der Waals surface area contributed by atoms with Crippen LogP contribution in [0.5, 0.6) is 5.75 Å². The summed E-state index contributed by atoms with van der Waals surface area (Å²) >= 11 is 0. The first kappa shape index (κ1) is 17.5. The van der Waals surface area contributed by atoms with Crippen molar-refractivity contribution in [1.82, 2.24) is 15.2 Å². The van der Waals surface area contributed by atoms with Crippen LogP contribution < -0.4 is 9.64 Å². The van der Waals surface area contributed by atoms with Gasteiger partial charge in [0, 0.05) is 32.0 Å². The molecule has 1 aromatic heterocycles. The minimum absolute atomic E-state index is 0.0957. The molecule has 0 unspecified atom stereocenters. The molecule has 1 fully saturated rings. The Bertz CT molecular complexity index is 733. The molecule has 1 aliphatic rings. The van der Waals surface area contributed by atoms with Crippen molar-refractivity contribution in [2.45, 2.75) is 45.6 Å². The molecular weight excluding hydrogens is 326 g/mol. The number of hydrogen-bond acceptors (Lipinski definition) is 5. The molecule has 3 rings (SSSR count). The molecule has 2 heterocycles. The van der Waals surface area contributed by atoms with E-state index in [-0.39, 0.29) is 11.9 Å². The third-order valence-corrected chi connectivity index (χ3v) is 4.41. The second-order valence-electron chi connectivity index (χ2n) is 6.09. The first-order chi connectivity index (χ1) is 12.1. The Morgan fingerprint density at radius 3 is 2.44 bits per heavy atom. The molecule has 0 spiro atoms. The van der Waals surface area contributed by atoms with E-state index in [4.69, 9.17) is 4.74 Å². The Labute approximate surface area is 146 Å². The van der Waals surface area contributed by atoms with Crippen LogP contribution >= 0.6 is 0 Å². The monoisotopic (exact) mass is 348 g/mol. The number of anilines is 1. The van der Waals surface area contributed by atoms with Gasteiger partial charge in [0.15, 0.2) is 11.6 Å². The number of hydrogen-bond donors (Lipinski definition) is 0. The number of nitrogens with zero attached hydrogens (tertiary/aromatic N) is 4. The van der Waals surface area contributed by atoms with Crippen molar-refractivity contribution in [3.05, 3.63) is 41.2 Å². The van der Waals surface area contributed by atoms with Gasteiger partial charge in [0.05, 0.1) is 11.4 Å². The third-order valence-electron chi connectivity index (χ3n) is 4.41. The summed E-state index contributed by atoms with van der Waals surface area (Å²) in [6, 6.07) is 3.38. The van der Waals surface area contributed by atoms with Crippen molar-refractivity contribution in [3.63, 3.8) is 0 Å². The second kappa shape index (κ2) is 7.72. The molecule has 0 N–H and O–H groups in total. The molecule has 7 heteroatoms. The van der Waals surface area contributed by atoms with E-state index in [0.717, 1.165) is 43.1 Å². The Morgan fingerprint density at radius 2 is 1.80 bits per heavy atom. The minimum Gasteiger partial charge on any atom is -0.487 e. The fourth-order valence-corrected chi connectivity index (χ4v) is 2.99. The first-order valence-electron chi connectivity index (χ1n) is 8.69. The highest BCUT2D eigenvalue weighted by Gasteiger charge is 2.24. The van der Waals surface area contributed by atoms with Gasteiger partial charge in [-0.3, -0.25) is 0 Å². The lowest BCUT2D eigenvalue weighted by Crippen LogP contribution is -2.39. The lowest BCUT2D eigenvalue weighted by Gasteiger charge is -2.32. The van der Waals surface area contributed by atoms with Crippen molar-refractivity contribution >= 4 is 5.95 Å². The maximum absolute atomic E-state index is 13.7. The summed E-state index contributed by atoms with van der Waals surface area (Å²) in [5, 5.41) is 8.52. The normalized spacial score (nSPS) is 15.4. The molecule has 0 bridgehead atoms. The molecule has 0 saturated carbocycles. The summed E-state index contributed by atoms with van der Waals surface area (Å²) in [5.74, 6) is -0.539. The predicted molar refractivity (Wildman–Crippen MR) is 90.8 cm³/mol. The highest BCUT2D eigenvalue weighted by Crippen LogP contribution is 2.24. The van der Waals surface area contributed by atoms with E-state index in [2.05, 4.69) is 27.0 Å². The van der Waals surface area contributed by atoms with E-state index in [1.165, 1.54) is 12.1 Å². The Balaban J connectivity index is 1.62. The third kappa shape index (κ3) is 4.03. The molecule has 2 aromatic rings. The summed E-state index contributed by atoms with van der Waals surface area (Å²) in [7, 11) is 0. The molecule has 0 atom stereocenters. The molecule has 1 saturated heterocycles. The van der Waals surface area contributed by atoms with Gasteiger partial charge in [-0.2, -0.15) is 5.10 Å².